The van der Waals surface area contributed by atoms with Crippen molar-refractivity contribution in [3.8, 4) is 0 Å². The number of hydrogen-bond acceptors (Lipinski definition) is 3. The maximum Gasteiger partial charge on any atom is 0.122 e. The van der Waals surface area contributed by atoms with Crippen LogP contribution >= 0.6 is 11.6 Å². The molecule has 18 heavy (non-hydrogen) atoms. The predicted octanol–water partition coefficient (Wildman–Crippen LogP) is 1.83. The number of halogens is 1. The van der Waals surface area contributed by atoms with Crippen LogP contribution in [0.5, 0.6) is 0 Å². The van der Waals surface area contributed by atoms with Gasteiger partial charge < -0.3 is 15.7 Å². The van der Waals surface area contributed by atoms with E-state index >= 15 is 0 Å². The zero-order chi connectivity index (χ0) is 13.7. The number of amidine groups is 1. The lowest BCUT2D eigenvalue weighted by Gasteiger charge is -2.18. The van der Waals surface area contributed by atoms with Gasteiger partial charge in [-0.2, -0.15) is 0 Å². The quantitative estimate of drug-likeness (QED) is 0.545. The summed E-state index contributed by atoms with van der Waals surface area (Å²) in [7, 11) is 1.98. The molecule has 4 N–H and O–H groups in total. The van der Waals surface area contributed by atoms with Crippen LogP contribution in [0.25, 0.3) is 0 Å². The molecular weight excluding hydrogens is 250 g/mol. The minimum atomic E-state index is -0.289. The highest BCUT2D eigenvalue weighted by atomic mass is 35.5. The van der Waals surface area contributed by atoms with E-state index in [2.05, 4.69) is 4.90 Å². The van der Waals surface area contributed by atoms with E-state index in [0.717, 1.165) is 18.5 Å². The van der Waals surface area contributed by atoms with E-state index in [1.54, 1.807) is 19.1 Å². The molecule has 0 amide bonds. The minimum absolute atomic E-state index is 0.0194. The molecule has 0 bridgehead atoms. The molecular formula is C13H20ClN3O. The van der Waals surface area contributed by atoms with E-state index in [-0.39, 0.29) is 11.9 Å². The average molecular weight is 270 g/mol. The number of aliphatic hydroxyl groups excluding tert-OH is 1. The van der Waals surface area contributed by atoms with Gasteiger partial charge in [0.1, 0.15) is 5.84 Å². The zero-order valence-corrected chi connectivity index (χ0v) is 11.5. The van der Waals surface area contributed by atoms with Crippen molar-refractivity contribution in [1.29, 1.82) is 5.41 Å². The second-order valence-electron chi connectivity index (χ2n) is 4.60. The molecule has 1 aromatic rings. The number of hydrogen-bond donors (Lipinski definition) is 3. The lowest BCUT2D eigenvalue weighted by atomic mass is 10.1. The van der Waals surface area contributed by atoms with Crippen molar-refractivity contribution in [3.63, 3.8) is 0 Å². The Morgan fingerprint density at radius 1 is 1.56 bits per heavy atom. The lowest BCUT2D eigenvalue weighted by Crippen LogP contribution is -2.22. The first-order valence-corrected chi connectivity index (χ1v) is 6.27. The molecule has 5 heteroatoms. The van der Waals surface area contributed by atoms with Gasteiger partial charge >= 0.3 is 0 Å². The molecule has 1 rings (SSSR count). The van der Waals surface area contributed by atoms with Crippen LogP contribution in [-0.2, 0) is 6.54 Å². The molecule has 0 saturated carbocycles. The second-order valence-corrected chi connectivity index (χ2v) is 5.00. The molecule has 1 aromatic carbocycles. The summed E-state index contributed by atoms with van der Waals surface area (Å²) in [4.78, 5) is 2.10. The molecule has 0 saturated heterocycles. The third-order valence-corrected chi connectivity index (χ3v) is 3.08. The van der Waals surface area contributed by atoms with Crippen molar-refractivity contribution in [2.75, 3.05) is 13.6 Å². The van der Waals surface area contributed by atoms with Gasteiger partial charge in [0, 0.05) is 23.7 Å². The van der Waals surface area contributed by atoms with Gasteiger partial charge in [-0.05, 0) is 32.0 Å². The Kier molecular flexibility index (Phi) is 5.59. The fourth-order valence-electron chi connectivity index (χ4n) is 1.62. The van der Waals surface area contributed by atoms with Gasteiger partial charge in [-0.15, -0.1) is 0 Å². The Morgan fingerprint density at radius 3 is 2.72 bits per heavy atom. The standard InChI is InChI=1S/C13H20ClN3O/c1-9(18)5-6-17(2)8-11-4-3-10(13(15)16)7-12(11)14/h3-4,7,9,18H,5-6,8H2,1-2H3,(H3,15,16). The third kappa shape index (κ3) is 4.64. The molecule has 1 unspecified atom stereocenters. The molecule has 4 nitrogen and oxygen atoms in total. The van der Waals surface area contributed by atoms with Gasteiger partial charge in [0.05, 0.1) is 6.10 Å². The summed E-state index contributed by atoms with van der Waals surface area (Å²) in [6.07, 6.45) is 0.447. The first-order valence-electron chi connectivity index (χ1n) is 5.89. The van der Waals surface area contributed by atoms with Gasteiger partial charge in [-0.25, -0.2) is 0 Å². The molecule has 100 valence electrons. The van der Waals surface area contributed by atoms with Crippen LogP contribution < -0.4 is 5.73 Å². The van der Waals surface area contributed by atoms with E-state index in [1.165, 1.54) is 0 Å². The van der Waals surface area contributed by atoms with E-state index in [9.17, 15) is 5.11 Å². The van der Waals surface area contributed by atoms with Crippen molar-refractivity contribution in [1.82, 2.24) is 4.90 Å². The van der Waals surface area contributed by atoms with Gasteiger partial charge in [-0.3, -0.25) is 5.41 Å². The lowest BCUT2D eigenvalue weighted by molar-refractivity contribution is 0.163. The molecule has 0 aliphatic heterocycles. The van der Waals surface area contributed by atoms with Crippen LogP contribution in [-0.4, -0.2) is 35.5 Å². The number of nitrogens with two attached hydrogens (primary N) is 1. The number of aliphatic hydroxyl groups is 1. The fraction of sp³-hybridized carbons (Fsp3) is 0.462. The Labute approximate surface area is 113 Å². The first-order chi connectivity index (χ1) is 8.40. The van der Waals surface area contributed by atoms with E-state index in [4.69, 9.17) is 22.7 Å². The van der Waals surface area contributed by atoms with Crippen molar-refractivity contribution in [3.05, 3.63) is 34.3 Å². The van der Waals surface area contributed by atoms with Crippen molar-refractivity contribution in [2.24, 2.45) is 5.73 Å². The van der Waals surface area contributed by atoms with Gasteiger partial charge in [-0.1, -0.05) is 23.7 Å². The predicted molar refractivity (Wildman–Crippen MR) is 75.1 cm³/mol. The number of nitrogen functional groups attached to an aromatic ring is 1. The van der Waals surface area contributed by atoms with Gasteiger partial charge in [0.15, 0.2) is 0 Å². The summed E-state index contributed by atoms with van der Waals surface area (Å²) in [5, 5.41) is 17.2. The summed E-state index contributed by atoms with van der Waals surface area (Å²) < 4.78 is 0. The Morgan fingerprint density at radius 2 is 2.22 bits per heavy atom. The SMILES string of the molecule is CC(O)CCN(C)Cc1ccc(C(=N)N)cc1Cl. The maximum atomic E-state index is 9.23. The molecule has 0 fully saturated rings. The summed E-state index contributed by atoms with van der Waals surface area (Å²) in [6, 6.07) is 5.39. The monoisotopic (exact) mass is 269 g/mol. The van der Waals surface area contributed by atoms with E-state index in [1.807, 2.05) is 13.1 Å². The molecule has 0 aromatic heterocycles. The van der Waals surface area contributed by atoms with Gasteiger partial charge in [0.25, 0.3) is 0 Å². The van der Waals surface area contributed by atoms with Crippen LogP contribution in [0.1, 0.15) is 24.5 Å². The Balaban J connectivity index is 2.64. The number of nitrogens with zero attached hydrogens (tertiary/aromatic N) is 1. The molecule has 0 aliphatic carbocycles. The molecule has 0 heterocycles. The number of benzene rings is 1. The number of rotatable bonds is 6. The normalized spacial score (nSPS) is 12.7. The Bertz CT molecular complexity index is 421. The summed E-state index contributed by atoms with van der Waals surface area (Å²) in [5.41, 5.74) is 7.03. The maximum absolute atomic E-state index is 9.23. The molecule has 0 spiro atoms. The van der Waals surface area contributed by atoms with Crippen LogP contribution in [0.15, 0.2) is 18.2 Å². The first kappa shape index (κ1) is 15.0. The van der Waals surface area contributed by atoms with E-state index < -0.39 is 0 Å². The molecule has 0 aliphatic rings. The summed E-state index contributed by atoms with van der Waals surface area (Å²) in [6.45, 7) is 3.30. The van der Waals surface area contributed by atoms with Crippen LogP contribution in [0.3, 0.4) is 0 Å². The fourth-order valence-corrected chi connectivity index (χ4v) is 1.86. The summed E-state index contributed by atoms with van der Waals surface area (Å²) >= 11 is 6.15. The van der Waals surface area contributed by atoms with Crippen LogP contribution in [0.4, 0.5) is 0 Å². The topological polar surface area (TPSA) is 73.3 Å². The van der Waals surface area contributed by atoms with Crippen LogP contribution in [0, 0.1) is 5.41 Å². The third-order valence-electron chi connectivity index (χ3n) is 2.73. The highest BCUT2D eigenvalue weighted by Gasteiger charge is 2.07. The Hall–Kier alpha value is -1.10. The van der Waals surface area contributed by atoms with Crippen molar-refractivity contribution >= 4 is 17.4 Å². The number of nitrogens with one attached hydrogen (secondary N) is 1. The highest BCUT2D eigenvalue weighted by Crippen LogP contribution is 2.19. The summed E-state index contributed by atoms with van der Waals surface area (Å²) in [5.74, 6) is 0.0194. The highest BCUT2D eigenvalue weighted by molar-refractivity contribution is 6.31. The van der Waals surface area contributed by atoms with Crippen molar-refractivity contribution < 1.29 is 5.11 Å². The van der Waals surface area contributed by atoms with Gasteiger partial charge in [0.2, 0.25) is 0 Å². The second kappa shape index (κ2) is 6.73. The zero-order valence-electron chi connectivity index (χ0n) is 10.8. The molecule has 0 radical (unpaired) electrons. The van der Waals surface area contributed by atoms with Crippen molar-refractivity contribution in [2.45, 2.75) is 26.0 Å². The average Bonchev–Trinajstić information content (AvgIpc) is 2.29. The van der Waals surface area contributed by atoms with E-state index in [0.29, 0.717) is 17.1 Å². The smallest absolute Gasteiger partial charge is 0.122 e. The largest absolute Gasteiger partial charge is 0.393 e. The molecule has 1 atom stereocenters. The minimum Gasteiger partial charge on any atom is -0.393 e. The van der Waals surface area contributed by atoms with Crippen LogP contribution in [0.2, 0.25) is 5.02 Å².